The first-order valence-corrected chi connectivity index (χ1v) is 6.01. The maximum absolute atomic E-state index is 10.5. The molecule has 3 N–H and O–H groups in total. The van der Waals surface area contributed by atoms with Crippen LogP contribution in [0.2, 0.25) is 0 Å². The molecule has 1 heterocycles. The minimum atomic E-state index is -1.81. The second-order valence-electron chi connectivity index (χ2n) is 4.57. The highest BCUT2D eigenvalue weighted by Crippen LogP contribution is 2.58. The lowest BCUT2D eigenvalue weighted by Crippen LogP contribution is -2.23. The van der Waals surface area contributed by atoms with Gasteiger partial charge >= 0.3 is 0 Å². The number of aliphatic hydroxyl groups excluding tert-OH is 1. The van der Waals surface area contributed by atoms with Gasteiger partial charge in [-0.25, -0.2) is 0 Å². The number of epoxide rings is 1. The molecule has 0 aliphatic carbocycles. The highest BCUT2D eigenvalue weighted by Gasteiger charge is 2.72. The SMILES string of the molecule is OCc1ccccc1C1(O)OC1(O)c1ccccc1. The largest absolute Gasteiger partial charge is 0.392 e. The third-order valence-corrected chi connectivity index (χ3v) is 3.43. The van der Waals surface area contributed by atoms with Crippen molar-refractivity contribution in [1.29, 1.82) is 0 Å². The molecule has 1 aliphatic heterocycles. The van der Waals surface area contributed by atoms with Crippen molar-refractivity contribution in [3.8, 4) is 0 Å². The number of rotatable bonds is 3. The van der Waals surface area contributed by atoms with Crippen LogP contribution >= 0.6 is 0 Å². The fraction of sp³-hybridized carbons (Fsp3) is 0.200. The molecular formula is C15H14O4. The van der Waals surface area contributed by atoms with Crippen molar-refractivity contribution < 1.29 is 20.1 Å². The minimum absolute atomic E-state index is 0.229. The van der Waals surface area contributed by atoms with Gasteiger partial charge in [-0.05, 0) is 5.56 Å². The number of hydrogen-bond donors (Lipinski definition) is 3. The molecule has 2 aromatic carbocycles. The van der Waals surface area contributed by atoms with Gasteiger partial charge in [0, 0.05) is 11.1 Å². The highest BCUT2D eigenvalue weighted by atomic mass is 16.8. The van der Waals surface area contributed by atoms with E-state index in [0.29, 0.717) is 16.7 Å². The van der Waals surface area contributed by atoms with E-state index >= 15 is 0 Å². The lowest BCUT2D eigenvalue weighted by atomic mass is 9.95. The van der Waals surface area contributed by atoms with Crippen molar-refractivity contribution in [2.75, 3.05) is 0 Å². The van der Waals surface area contributed by atoms with Crippen LogP contribution in [-0.2, 0) is 22.9 Å². The zero-order valence-electron chi connectivity index (χ0n) is 10.2. The molecule has 19 heavy (non-hydrogen) atoms. The Balaban J connectivity index is 2.04. The summed E-state index contributed by atoms with van der Waals surface area (Å²) in [7, 11) is 0. The summed E-state index contributed by atoms with van der Waals surface area (Å²) in [5.41, 5.74) is 1.38. The van der Waals surface area contributed by atoms with Crippen LogP contribution in [0.5, 0.6) is 0 Å². The fourth-order valence-electron chi connectivity index (χ4n) is 2.33. The fourth-order valence-corrected chi connectivity index (χ4v) is 2.33. The lowest BCUT2D eigenvalue weighted by Gasteiger charge is -2.14. The molecule has 0 saturated carbocycles. The van der Waals surface area contributed by atoms with E-state index in [2.05, 4.69) is 0 Å². The van der Waals surface area contributed by atoms with Crippen molar-refractivity contribution >= 4 is 0 Å². The summed E-state index contributed by atoms with van der Waals surface area (Å²) in [6.07, 6.45) is 0. The monoisotopic (exact) mass is 258 g/mol. The molecule has 1 saturated heterocycles. The zero-order chi connectivity index (χ0) is 13.5. The van der Waals surface area contributed by atoms with E-state index in [4.69, 9.17) is 4.74 Å². The van der Waals surface area contributed by atoms with E-state index in [0.717, 1.165) is 0 Å². The molecule has 2 unspecified atom stereocenters. The predicted octanol–water partition coefficient (Wildman–Crippen LogP) is 1.20. The maximum atomic E-state index is 10.5. The normalized spacial score (nSPS) is 29.2. The number of hydrogen-bond acceptors (Lipinski definition) is 4. The highest BCUT2D eigenvalue weighted by molar-refractivity contribution is 5.40. The van der Waals surface area contributed by atoms with Crippen LogP contribution in [0.3, 0.4) is 0 Å². The molecule has 4 heteroatoms. The lowest BCUT2D eigenvalue weighted by molar-refractivity contribution is 0.0138. The summed E-state index contributed by atoms with van der Waals surface area (Å²) >= 11 is 0. The first kappa shape index (κ1) is 12.3. The third-order valence-electron chi connectivity index (χ3n) is 3.43. The summed E-state index contributed by atoms with van der Waals surface area (Å²) in [5, 5.41) is 30.2. The molecular weight excluding hydrogens is 244 g/mol. The van der Waals surface area contributed by atoms with Crippen LogP contribution in [-0.4, -0.2) is 15.3 Å². The predicted molar refractivity (Wildman–Crippen MR) is 67.7 cm³/mol. The van der Waals surface area contributed by atoms with Crippen LogP contribution in [0.1, 0.15) is 16.7 Å². The van der Waals surface area contributed by atoms with Crippen molar-refractivity contribution in [2.24, 2.45) is 0 Å². The molecule has 0 bridgehead atoms. The Labute approximate surface area is 110 Å². The molecule has 3 rings (SSSR count). The van der Waals surface area contributed by atoms with Gasteiger partial charge in [-0.2, -0.15) is 0 Å². The second-order valence-corrected chi connectivity index (χ2v) is 4.57. The minimum Gasteiger partial charge on any atom is -0.392 e. The molecule has 98 valence electrons. The molecule has 0 amide bonds. The summed E-state index contributed by atoms with van der Waals surface area (Å²) in [6.45, 7) is -0.229. The Morgan fingerprint density at radius 3 is 2.16 bits per heavy atom. The van der Waals surface area contributed by atoms with Crippen molar-refractivity contribution in [3.63, 3.8) is 0 Å². The van der Waals surface area contributed by atoms with Gasteiger partial charge in [0.15, 0.2) is 0 Å². The van der Waals surface area contributed by atoms with Crippen LogP contribution < -0.4 is 0 Å². The molecule has 0 aromatic heterocycles. The maximum Gasteiger partial charge on any atom is 0.256 e. The first-order valence-electron chi connectivity index (χ1n) is 6.01. The zero-order valence-corrected chi connectivity index (χ0v) is 10.2. The number of ether oxygens (including phenoxy) is 1. The standard InChI is InChI=1S/C15H14O4/c16-10-11-6-4-5-9-13(11)15(18)14(17,19-15)12-7-2-1-3-8-12/h1-9,16-18H,10H2. The quantitative estimate of drug-likeness (QED) is 0.723. The summed E-state index contributed by atoms with van der Waals surface area (Å²) in [5.74, 6) is -3.58. The van der Waals surface area contributed by atoms with Gasteiger partial charge < -0.3 is 15.3 Å². The van der Waals surface area contributed by atoms with Crippen LogP contribution in [0.4, 0.5) is 0 Å². The average Bonchev–Trinajstić information content (AvgIpc) is 3.05. The summed E-state index contributed by atoms with van der Waals surface area (Å²) in [4.78, 5) is 0. The van der Waals surface area contributed by atoms with Gasteiger partial charge in [-0.1, -0.05) is 54.6 Å². The van der Waals surface area contributed by atoms with E-state index < -0.39 is 11.6 Å². The van der Waals surface area contributed by atoms with Gasteiger partial charge in [0.1, 0.15) is 0 Å². The molecule has 1 fully saturated rings. The smallest absolute Gasteiger partial charge is 0.256 e. The van der Waals surface area contributed by atoms with Gasteiger partial charge in [0.05, 0.1) is 6.61 Å². The first-order chi connectivity index (χ1) is 9.12. The Morgan fingerprint density at radius 1 is 0.842 bits per heavy atom. The average molecular weight is 258 g/mol. The van der Waals surface area contributed by atoms with E-state index in [9.17, 15) is 15.3 Å². The molecule has 0 spiro atoms. The molecule has 1 aliphatic rings. The molecule has 2 aromatic rings. The van der Waals surface area contributed by atoms with E-state index in [1.54, 1.807) is 48.5 Å². The Bertz CT molecular complexity index is 598. The molecule has 2 atom stereocenters. The molecule has 4 nitrogen and oxygen atoms in total. The Hall–Kier alpha value is -1.72. The summed E-state index contributed by atoms with van der Waals surface area (Å²) in [6, 6.07) is 15.5. The van der Waals surface area contributed by atoms with Gasteiger partial charge in [0.2, 0.25) is 0 Å². The topological polar surface area (TPSA) is 73.2 Å². The van der Waals surface area contributed by atoms with E-state index in [-0.39, 0.29) is 6.61 Å². The van der Waals surface area contributed by atoms with Crippen molar-refractivity contribution in [2.45, 2.75) is 18.2 Å². The van der Waals surface area contributed by atoms with Crippen LogP contribution in [0, 0.1) is 0 Å². The van der Waals surface area contributed by atoms with Crippen LogP contribution in [0.25, 0.3) is 0 Å². The van der Waals surface area contributed by atoms with Gasteiger partial charge in [-0.15, -0.1) is 0 Å². The Kier molecular flexibility index (Phi) is 2.69. The van der Waals surface area contributed by atoms with Gasteiger partial charge in [0.25, 0.3) is 11.6 Å². The second kappa shape index (κ2) is 4.15. The number of aliphatic hydroxyl groups is 3. The number of benzene rings is 2. The third kappa shape index (κ3) is 1.69. The van der Waals surface area contributed by atoms with E-state index in [1.165, 1.54) is 0 Å². The van der Waals surface area contributed by atoms with Crippen LogP contribution in [0.15, 0.2) is 54.6 Å². The van der Waals surface area contributed by atoms with E-state index in [1.807, 2.05) is 6.07 Å². The van der Waals surface area contributed by atoms with Gasteiger partial charge in [-0.3, -0.25) is 4.74 Å². The Morgan fingerprint density at radius 2 is 1.47 bits per heavy atom. The summed E-state index contributed by atoms with van der Waals surface area (Å²) < 4.78 is 5.21. The van der Waals surface area contributed by atoms with Crippen molar-refractivity contribution in [3.05, 3.63) is 71.3 Å². The van der Waals surface area contributed by atoms with Crippen molar-refractivity contribution in [1.82, 2.24) is 0 Å². The molecule has 0 radical (unpaired) electrons.